The highest BCUT2D eigenvalue weighted by atomic mass is 19.4. The highest BCUT2D eigenvalue weighted by Crippen LogP contribution is 2.18. The highest BCUT2D eigenvalue weighted by molar-refractivity contribution is 5.79. The summed E-state index contributed by atoms with van der Waals surface area (Å²) in [5.74, 6) is 0.492. The van der Waals surface area contributed by atoms with Crippen molar-refractivity contribution >= 4 is 5.96 Å². The van der Waals surface area contributed by atoms with Crippen LogP contribution in [0.3, 0.4) is 0 Å². The third-order valence-electron chi connectivity index (χ3n) is 3.63. The van der Waals surface area contributed by atoms with Crippen LogP contribution in [0.4, 0.5) is 17.6 Å². The summed E-state index contributed by atoms with van der Waals surface area (Å²) >= 11 is 0. The van der Waals surface area contributed by atoms with E-state index in [1.807, 2.05) is 0 Å². The van der Waals surface area contributed by atoms with Gasteiger partial charge in [-0.25, -0.2) is 4.39 Å². The second-order valence-electron chi connectivity index (χ2n) is 5.78. The molecular formula is C19H21F4N3O. The minimum atomic E-state index is -4.35. The Labute approximate surface area is 155 Å². The Kier molecular flexibility index (Phi) is 7.45. The Morgan fingerprint density at radius 2 is 1.59 bits per heavy atom. The van der Waals surface area contributed by atoms with Gasteiger partial charge < -0.3 is 15.4 Å². The summed E-state index contributed by atoms with van der Waals surface area (Å²) in [6.07, 6.45) is -3.64. The van der Waals surface area contributed by atoms with Crippen LogP contribution >= 0.6 is 0 Å². The average Bonchev–Trinajstić information content (AvgIpc) is 2.64. The van der Waals surface area contributed by atoms with Gasteiger partial charge in [-0.15, -0.1) is 0 Å². The van der Waals surface area contributed by atoms with Crippen molar-refractivity contribution in [3.8, 4) is 5.75 Å². The predicted molar refractivity (Wildman–Crippen MR) is 96.3 cm³/mol. The number of alkyl halides is 3. The van der Waals surface area contributed by atoms with Crippen LogP contribution in [-0.4, -0.2) is 32.3 Å². The maximum atomic E-state index is 12.9. The molecule has 0 unspecified atom stereocenters. The van der Waals surface area contributed by atoms with Crippen LogP contribution in [0.1, 0.15) is 11.1 Å². The van der Waals surface area contributed by atoms with E-state index in [4.69, 9.17) is 0 Å². The fraction of sp³-hybridized carbons (Fsp3) is 0.316. The van der Waals surface area contributed by atoms with Gasteiger partial charge in [-0.3, -0.25) is 4.99 Å². The molecule has 0 fully saturated rings. The maximum Gasteiger partial charge on any atom is 0.422 e. The third kappa shape index (κ3) is 7.98. The molecule has 0 saturated heterocycles. The van der Waals surface area contributed by atoms with Crippen molar-refractivity contribution in [2.24, 2.45) is 4.99 Å². The lowest BCUT2D eigenvalue weighted by Gasteiger charge is -2.13. The normalized spacial score (nSPS) is 12.0. The Balaban J connectivity index is 1.74. The van der Waals surface area contributed by atoms with Crippen LogP contribution in [0.5, 0.6) is 5.75 Å². The molecule has 146 valence electrons. The van der Waals surface area contributed by atoms with Gasteiger partial charge in [-0.1, -0.05) is 24.3 Å². The van der Waals surface area contributed by atoms with Crippen LogP contribution in [0, 0.1) is 5.82 Å². The lowest BCUT2D eigenvalue weighted by Crippen LogP contribution is -2.37. The molecule has 0 atom stereocenters. The Hall–Kier alpha value is -2.77. The summed E-state index contributed by atoms with van der Waals surface area (Å²) in [5.41, 5.74) is 1.88. The Bertz CT molecular complexity index is 728. The van der Waals surface area contributed by atoms with E-state index in [-0.39, 0.29) is 11.6 Å². The van der Waals surface area contributed by atoms with Crippen molar-refractivity contribution in [3.05, 3.63) is 65.5 Å². The van der Waals surface area contributed by atoms with Gasteiger partial charge in [0.1, 0.15) is 11.6 Å². The number of halogens is 4. The van der Waals surface area contributed by atoms with Crippen molar-refractivity contribution in [1.29, 1.82) is 0 Å². The van der Waals surface area contributed by atoms with Gasteiger partial charge in [0.15, 0.2) is 12.6 Å². The number of guanidine groups is 1. The monoisotopic (exact) mass is 383 g/mol. The zero-order valence-corrected chi connectivity index (χ0v) is 14.8. The molecule has 0 aliphatic heterocycles. The largest absolute Gasteiger partial charge is 0.484 e. The molecule has 0 spiro atoms. The van der Waals surface area contributed by atoms with Crippen LogP contribution < -0.4 is 15.4 Å². The van der Waals surface area contributed by atoms with Crippen LogP contribution in [0.2, 0.25) is 0 Å². The van der Waals surface area contributed by atoms with Gasteiger partial charge in [0, 0.05) is 20.1 Å². The van der Waals surface area contributed by atoms with Gasteiger partial charge in [0.05, 0.1) is 0 Å². The van der Waals surface area contributed by atoms with E-state index in [1.54, 1.807) is 31.3 Å². The number of benzene rings is 2. The lowest BCUT2D eigenvalue weighted by atomic mass is 10.1. The molecule has 0 aromatic heterocycles. The Morgan fingerprint density at radius 3 is 2.19 bits per heavy atom. The van der Waals surface area contributed by atoms with Crippen molar-refractivity contribution in [1.82, 2.24) is 10.6 Å². The molecule has 0 radical (unpaired) electrons. The molecule has 0 amide bonds. The van der Waals surface area contributed by atoms with Gasteiger partial charge in [0.2, 0.25) is 0 Å². The summed E-state index contributed by atoms with van der Waals surface area (Å²) in [7, 11) is 1.64. The number of ether oxygens (including phenoxy) is 1. The first-order valence-electron chi connectivity index (χ1n) is 8.33. The number of nitrogens with zero attached hydrogens (tertiary/aromatic N) is 1. The smallest absolute Gasteiger partial charge is 0.422 e. The van der Waals surface area contributed by atoms with E-state index in [0.717, 1.165) is 11.1 Å². The standard InChI is InChI=1S/C19H21F4N3O/c1-24-18(25-11-10-14-2-6-16(20)7-3-14)26-12-15-4-8-17(9-5-15)27-13-19(21,22)23/h2-9H,10-13H2,1H3,(H2,24,25,26). The molecule has 0 heterocycles. The molecule has 2 aromatic carbocycles. The first-order chi connectivity index (χ1) is 12.9. The van der Waals surface area contributed by atoms with E-state index >= 15 is 0 Å². The topological polar surface area (TPSA) is 45.7 Å². The van der Waals surface area contributed by atoms with Gasteiger partial charge in [-0.2, -0.15) is 13.2 Å². The van der Waals surface area contributed by atoms with Gasteiger partial charge in [0.25, 0.3) is 0 Å². The van der Waals surface area contributed by atoms with Crippen molar-refractivity contribution in [3.63, 3.8) is 0 Å². The molecular weight excluding hydrogens is 362 g/mol. The molecule has 0 saturated carbocycles. The Morgan fingerprint density at radius 1 is 0.963 bits per heavy atom. The van der Waals surface area contributed by atoms with Crippen molar-refractivity contribution in [2.75, 3.05) is 20.2 Å². The zero-order chi connectivity index (χ0) is 19.7. The molecule has 0 bridgehead atoms. The predicted octanol–water partition coefficient (Wildman–Crippen LogP) is 3.67. The fourth-order valence-corrected chi connectivity index (χ4v) is 2.25. The van der Waals surface area contributed by atoms with Gasteiger partial charge in [-0.05, 0) is 41.8 Å². The molecule has 2 rings (SSSR count). The summed E-state index contributed by atoms with van der Waals surface area (Å²) in [5, 5.41) is 6.26. The minimum absolute atomic E-state index is 0.165. The van der Waals surface area contributed by atoms with Gasteiger partial charge >= 0.3 is 6.18 Å². The number of nitrogens with one attached hydrogen (secondary N) is 2. The molecule has 0 aliphatic carbocycles. The number of rotatable bonds is 7. The first-order valence-corrected chi connectivity index (χ1v) is 8.33. The van der Waals surface area contributed by atoms with Crippen LogP contribution in [0.25, 0.3) is 0 Å². The second kappa shape index (κ2) is 9.80. The molecule has 0 aliphatic rings. The SMILES string of the molecule is CN=C(NCCc1ccc(F)cc1)NCc1ccc(OCC(F)(F)F)cc1. The van der Waals surface area contributed by atoms with E-state index in [0.29, 0.717) is 25.5 Å². The van der Waals surface area contributed by atoms with E-state index in [2.05, 4.69) is 20.4 Å². The molecule has 2 N–H and O–H groups in total. The quantitative estimate of drug-likeness (QED) is 0.436. The van der Waals surface area contributed by atoms with Crippen LogP contribution in [-0.2, 0) is 13.0 Å². The summed E-state index contributed by atoms with van der Waals surface area (Å²) in [6.45, 7) is -0.236. The van der Waals surface area contributed by atoms with E-state index < -0.39 is 12.8 Å². The number of hydrogen-bond acceptors (Lipinski definition) is 2. The van der Waals surface area contributed by atoms with E-state index in [1.165, 1.54) is 24.3 Å². The van der Waals surface area contributed by atoms with Crippen molar-refractivity contribution in [2.45, 2.75) is 19.1 Å². The number of hydrogen-bond donors (Lipinski definition) is 2. The molecule has 27 heavy (non-hydrogen) atoms. The minimum Gasteiger partial charge on any atom is -0.484 e. The fourth-order valence-electron chi connectivity index (χ4n) is 2.25. The molecule has 8 heteroatoms. The highest BCUT2D eigenvalue weighted by Gasteiger charge is 2.28. The summed E-state index contributed by atoms with van der Waals surface area (Å²) in [6, 6.07) is 12.7. The lowest BCUT2D eigenvalue weighted by molar-refractivity contribution is -0.153. The molecule has 2 aromatic rings. The first kappa shape index (κ1) is 20.5. The maximum absolute atomic E-state index is 12.9. The summed E-state index contributed by atoms with van der Waals surface area (Å²) in [4.78, 5) is 4.11. The number of aliphatic imine (C=N–C) groups is 1. The summed E-state index contributed by atoms with van der Waals surface area (Å²) < 4.78 is 53.9. The third-order valence-corrected chi connectivity index (χ3v) is 3.63. The van der Waals surface area contributed by atoms with Crippen molar-refractivity contribution < 1.29 is 22.3 Å². The molecule has 4 nitrogen and oxygen atoms in total. The van der Waals surface area contributed by atoms with Crippen LogP contribution in [0.15, 0.2) is 53.5 Å². The zero-order valence-electron chi connectivity index (χ0n) is 14.8. The average molecular weight is 383 g/mol. The van der Waals surface area contributed by atoms with E-state index in [9.17, 15) is 17.6 Å². The second-order valence-corrected chi connectivity index (χ2v) is 5.78.